The van der Waals surface area contributed by atoms with E-state index < -0.39 is 11.9 Å². The molecule has 0 aromatic rings. The number of unbranched alkanes of at least 4 members (excludes halogenated alkanes) is 2. The summed E-state index contributed by atoms with van der Waals surface area (Å²) in [5.41, 5.74) is 0. The first-order valence-corrected chi connectivity index (χ1v) is 4.27. The van der Waals surface area contributed by atoms with Crippen LogP contribution in [0.3, 0.4) is 0 Å². The van der Waals surface area contributed by atoms with Crippen LogP contribution in [-0.2, 0) is 9.59 Å². The van der Waals surface area contributed by atoms with E-state index in [0.717, 1.165) is 13.8 Å². The highest BCUT2D eigenvalue weighted by Gasteiger charge is 1.68. The highest BCUT2D eigenvalue weighted by Crippen LogP contribution is 1.88. The van der Waals surface area contributed by atoms with Gasteiger partial charge in [-0.2, -0.15) is 0 Å². The number of rotatable bonds is 2. The van der Waals surface area contributed by atoms with Gasteiger partial charge in [-0.05, 0) is 0 Å². The quantitative estimate of drug-likeness (QED) is 0.704. The topological polar surface area (TPSA) is 74.6 Å². The molecule has 0 spiro atoms. The van der Waals surface area contributed by atoms with Gasteiger partial charge in [-0.3, -0.25) is 9.59 Å². The van der Waals surface area contributed by atoms with Crippen LogP contribution in [0.4, 0.5) is 0 Å². The Morgan fingerprint density at radius 2 is 1.08 bits per heavy atom. The molecular weight excluding hydrogens is 172 g/mol. The molecule has 0 saturated carbocycles. The summed E-state index contributed by atoms with van der Waals surface area (Å²) in [5.74, 6) is -1.67. The third-order valence-corrected chi connectivity index (χ3v) is 0.707. The van der Waals surface area contributed by atoms with E-state index in [-0.39, 0.29) is 0 Å². The first-order chi connectivity index (χ1) is 5.88. The molecule has 0 radical (unpaired) electrons. The maximum atomic E-state index is 9.00. The van der Waals surface area contributed by atoms with Crippen molar-refractivity contribution in [3.8, 4) is 0 Å². The van der Waals surface area contributed by atoms with Crippen LogP contribution in [0.15, 0.2) is 0 Å². The van der Waals surface area contributed by atoms with E-state index in [1.165, 1.54) is 19.3 Å². The average Bonchev–Trinajstić information content (AvgIpc) is 1.86. The van der Waals surface area contributed by atoms with Crippen molar-refractivity contribution < 1.29 is 19.8 Å². The van der Waals surface area contributed by atoms with E-state index in [2.05, 4.69) is 13.8 Å². The Balaban J connectivity index is -0.000000117. The van der Waals surface area contributed by atoms with Gasteiger partial charge >= 0.3 is 0 Å². The molecule has 0 atom stereocenters. The Kier molecular flexibility index (Phi) is 23.6. The van der Waals surface area contributed by atoms with Gasteiger partial charge in [-0.15, -0.1) is 0 Å². The summed E-state index contributed by atoms with van der Waals surface area (Å²) in [6.45, 7) is 6.59. The van der Waals surface area contributed by atoms with Crippen molar-refractivity contribution in [2.75, 3.05) is 0 Å². The molecule has 0 aliphatic heterocycles. The van der Waals surface area contributed by atoms with Gasteiger partial charge in [0.15, 0.2) is 0 Å². The lowest BCUT2D eigenvalue weighted by molar-refractivity contribution is -0.135. The lowest BCUT2D eigenvalue weighted by atomic mass is 10.3. The van der Waals surface area contributed by atoms with Crippen LogP contribution in [0.25, 0.3) is 0 Å². The maximum absolute atomic E-state index is 9.00. The predicted molar refractivity (Wildman–Crippen MR) is 51.8 cm³/mol. The molecule has 0 saturated heterocycles. The van der Waals surface area contributed by atoms with Gasteiger partial charge in [0.1, 0.15) is 0 Å². The third kappa shape index (κ3) is 990. The third-order valence-electron chi connectivity index (χ3n) is 0.707. The van der Waals surface area contributed by atoms with Crippen LogP contribution < -0.4 is 0 Å². The molecule has 0 unspecified atom stereocenters. The van der Waals surface area contributed by atoms with Gasteiger partial charge < -0.3 is 10.2 Å². The first kappa shape index (κ1) is 17.9. The molecule has 0 aliphatic rings. The van der Waals surface area contributed by atoms with Crippen LogP contribution in [0, 0.1) is 0 Å². The minimum absolute atomic E-state index is 0.833. The van der Waals surface area contributed by atoms with Gasteiger partial charge in [0.25, 0.3) is 11.9 Å². The Bertz CT molecular complexity index is 98.8. The summed E-state index contributed by atoms with van der Waals surface area (Å²) >= 11 is 0. The number of carbonyl (C=O) groups is 2. The molecule has 0 heterocycles. The van der Waals surface area contributed by atoms with Gasteiger partial charge in [0.2, 0.25) is 0 Å². The Labute approximate surface area is 79.6 Å². The van der Waals surface area contributed by atoms with Crippen molar-refractivity contribution in [3.05, 3.63) is 0 Å². The second kappa shape index (κ2) is 17.1. The fourth-order valence-electron chi connectivity index (χ4n) is 0.354. The summed E-state index contributed by atoms with van der Waals surface area (Å²) in [5, 5.41) is 14.8. The molecule has 0 aromatic heterocycles. The molecule has 4 heteroatoms. The van der Waals surface area contributed by atoms with Crippen molar-refractivity contribution >= 4 is 11.9 Å². The molecule has 2 N–H and O–H groups in total. The molecule has 0 fully saturated rings. The number of hydrogen-bond donors (Lipinski definition) is 2. The first-order valence-electron chi connectivity index (χ1n) is 4.27. The summed E-state index contributed by atoms with van der Waals surface area (Å²) in [6.07, 6.45) is 4.08. The highest BCUT2D eigenvalue weighted by atomic mass is 16.4. The van der Waals surface area contributed by atoms with Crippen LogP contribution in [0.1, 0.15) is 47.0 Å². The Hall–Kier alpha value is -1.06. The second-order valence-electron chi connectivity index (χ2n) is 2.39. The SMILES string of the molecule is CC(=O)O.CC(=O)O.CCCCC. The molecule has 80 valence electrons. The zero-order valence-corrected chi connectivity index (χ0v) is 8.83. The zero-order chi connectivity index (χ0) is 11.3. The smallest absolute Gasteiger partial charge is 0.300 e. The second-order valence-corrected chi connectivity index (χ2v) is 2.39. The van der Waals surface area contributed by atoms with Crippen molar-refractivity contribution in [3.63, 3.8) is 0 Å². The van der Waals surface area contributed by atoms with Crippen LogP contribution in [0.2, 0.25) is 0 Å². The molecule has 13 heavy (non-hydrogen) atoms. The summed E-state index contributed by atoms with van der Waals surface area (Å²) in [6, 6.07) is 0. The molecular formula is C9H20O4. The highest BCUT2D eigenvalue weighted by molar-refractivity contribution is 5.63. The molecule has 0 aromatic carbocycles. The monoisotopic (exact) mass is 192 g/mol. The van der Waals surface area contributed by atoms with Crippen molar-refractivity contribution in [1.29, 1.82) is 0 Å². The fourth-order valence-corrected chi connectivity index (χ4v) is 0.354. The molecule has 4 nitrogen and oxygen atoms in total. The maximum Gasteiger partial charge on any atom is 0.300 e. The lowest BCUT2D eigenvalue weighted by Gasteiger charge is -1.79. The van der Waals surface area contributed by atoms with Gasteiger partial charge in [-0.1, -0.05) is 33.1 Å². The van der Waals surface area contributed by atoms with E-state index in [9.17, 15) is 0 Å². The van der Waals surface area contributed by atoms with Gasteiger partial charge in [0.05, 0.1) is 0 Å². The number of aliphatic carboxylic acids is 2. The van der Waals surface area contributed by atoms with Crippen molar-refractivity contribution in [2.45, 2.75) is 47.0 Å². The van der Waals surface area contributed by atoms with Gasteiger partial charge in [0, 0.05) is 13.8 Å². The molecule has 0 rings (SSSR count). The van der Waals surface area contributed by atoms with Crippen LogP contribution >= 0.6 is 0 Å². The minimum atomic E-state index is -0.833. The largest absolute Gasteiger partial charge is 0.481 e. The van der Waals surface area contributed by atoms with E-state index in [4.69, 9.17) is 19.8 Å². The van der Waals surface area contributed by atoms with Crippen LogP contribution in [0.5, 0.6) is 0 Å². The normalized spacial score (nSPS) is 7.08. The minimum Gasteiger partial charge on any atom is -0.481 e. The molecule has 0 bridgehead atoms. The number of hydrogen-bond acceptors (Lipinski definition) is 2. The average molecular weight is 192 g/mol. The predicted octanol–water partition coefficient (Wildman–Crippen LogP) is 2.38. The van der Waals surface area contributed by atoms with Crippen molar-refractivity contribution in [1.82, 2.24) is 0 Å². The van der Waals surface area contributed by atoms with Crippen LogP contribution in [-0.4, -0.2) is 22.2 Å². The number of carboxylic acid groups (broad SMARTS) is 2. The van der Waals surface area contributed by atoms with Crippen molar-refractivity contribution in [2.24, 2.45) is 0 Å². The van der Waals surface area contributed by atoms with E-state index in [1.807, 2.05) is 0 Å². The molecule has 0 aliphatic carbocycles. The Morgan fingerprint density at radius 1 is 0.923 bits per heavy atom. The summed E-state index contributed by atoms with van der Waals surface area (Å²) in [7, 11) is 0. The van der Waals surface area contributed by atoms with Gasteiger partial charge in [-0.25, -0.2) is 0 Å². The van der Waals surface area contributed by atoms with E-state index in [0.29, 0.717) is 0 Å². The summed E-state index contributed by atoms with van der Waals surface area (Å²) in [4.78, 5) is 18.0. The van der Waals surface area contributed by atoms with E-state index >= 15 is 0 Å². The Morgan fingerprint density at radius 3 is 1.08 bits per heavy atom. The van der Waals surface area contributed by atoms with E-state index in [1.54, 1.807) is 0 Å². The fraction of sp³-hybridized carbons (Fsp3) is 0.778. The summed E-state index contributed by atoms with van der Waals surface area (Å²) < 4.78 is 0. The standard InChI is InChI=1S/C5H12.2C2H4O2/c1-3-5-4-2;2*1-2(3)4/h3-5H2,1-2H3;2*1H3,(H,3,4). The zero-order valence-electron chi connectivity index (χ0n) is 8.83. The molecule has 0 amide bonds. The lowest BCUT2D eigenvalue weighted by Crippen LogP contribution is -1.78. The number of carboxylic acids is 2.